The van der Waals surface area contributed by atoms with Crippen molar-refractivity contribution in [1.82, 2.24) is 0 Å². The first-order valence-electron chi connectivity index (χ1n) is 11.4. The Labute approximate surface area is 191 Å². The van der Waals surface area contributed by atoms with E-state index in [9.17, 15) is 19.2 Å². The third-order valence-electron chi connectivity index (χ3n) is 7.74. The van der Waals surface area contributed by atoms with E-state index < -0.39 is 12.6 Å². The SMILES string of the molecule is Cc1ccc(C(=O)COC(=O)c2ccccc2N2C(=O)[C@@H]3[C@H]4C=C[C@@H]([C@@H]5C[C@H]45)[C@H]3C2=O)cc1. The fourth-order valence-corrected chi connectivity index (χ4v) is 6.07. The molecule has 1 aliphatic heterocycles. The maximum Gasteiger partial charge on any atom is 0.340 e. The highest BCUT2D eigenvalue weighted by atomic mass is 16.5. The molecule has 2 bridgehead atoms. The van der Waals surface area contributed by atoms with Gasteiger partial charge in [-0.25, -0.2) is 9.69 Å². The van der Waals surface area contributed by atoms with Gasteiger partial charge in [0.1, 0.15) is 0 Å². The van der Waals surface area contributed by atoms with Crippen LogP contribution in [-0.4, -0.2) is 30.2 Å². The average Bonchev–Trinajstić information content (AvgIpc) is 3.61. The second kappa shape index (κ2) is 7.24. The molecule has 166 valence electrons. The van der Waals surface area contributed by atoms with Crippen molar-refractivity contribution < 1.29 is 23.9 Å². The van der Waals surface area contributed by atoms with Gasteiger partial charge in [-0.15, -0.1) is 0 Å². The molecule has 0 spiro atoms. The van der Waals surface area contributed by atoms with Gasteiger partial charge in [0.25, 0.3) is 0 Å². The van der Waals surface area contributed by atoms with Crippen molar-refractivity contribution in [3.63, 3.8) is 0 Å². The molecule has 2 amide bonds. The molecular formula is C27H23NO5. The maximum atomic E-state index is 13.4. The van der Waals surface area contributed by atoms with Crippen LogP contribution in [0.25, 0.3) is 0 Å². The lowest BCUT2D eigenvalue weighted by atomic mass is 9.63. The summed E-state index contributed by atoms with van der Waals surface area (Å²) in [5.41, 5.74) is 1.83. The molecule has 7 rings (SSSR count). The van der Waals surface area contributed by atoms with E-state index >= 15 is 0 Å². The molecule has 6 nitrogen and oxygen atoms in total. The Morgan fingerprint density at radius 3 is 2.15 bits per heavy atom. The zero-order chi connectivity index (χ0) is 22.9. The standard InChI is InChI=1S/C27H23NO5/c1-14-6-8-15(9-7-14)22(29)13-33-27(32)18-4-2-3-5-21(18)28-25(30)23-16-10-11-17(20-12-19(16)20)24(23)26(28)31/h2-11,16-17,19-20,23-24H,12-13H2,1H3/t16-,17-,19-,20+,23+,24+/m0/s1. The van der Waals surface area contributed by atoms with Crippen molar-refractivity contribution in [2.75, 3.05) is 11.5 Å². The molecule has 6 atom stereocenters. The van der Waals surface area contributed by atoms with Crippen LogP contribution in [0.2, 0.25) is 0 Å². The molecule has 4 aliphatic carbocycles. The maximum absolute atomic E-state index is 13.4. The Balaban J connectivity index is 1.24. The summed E-state index contributed by atoms with van der Waals surface area (Å²) in [4.78, 5) is 53.4. The molecule has 0 aromatic heterocycles. The summed E-state index contributed by atoms with van der Waals surface area (Å²) >= 11 is 0. The van der Waals surface area contributed by atoms with Crippen LogP contribution in [0.4, 0.5) is 5.69 Å². The van der Waals surface area contributed by atoms with Gasteiger partial charge >= 0.3 is 5.97 Å². The first kappa shape index (κ1) is 20.1. The molecule has 2 aromatic carbocycles. The Hall–Kier alpha value is -3.54. The van der Waals surface area contributed by atoms with Gasteiger partial charge in [-0.3, -0.25) is 14.4 Å². The van der Waals surface area contributed by atoms with Crippen LogP contribution in [-0.2, 0) is 14.3 Å². The van der Waals surface area contributed by atoms with Gasteiger partial charge in [-0.05, 0) is 49.1 Å². The lowest BCUT2D eigenvalue weighted by Gasteiger charge is -2.37. The Morgan fingerprint density at radius 2 is 1.52 bits per heavy atom. The number of esters is 1. The third kappa shape index (κ3) is 3.00. The number of anilines is 1. The lowest BCUT2D eigenvalue weighted by molar-refractivity contribution is -0.124. The molecule has 0 N–H and O–H groups in total. The Morgan fingerprint density at radius 1 is 0.909 bits per heavy atom. The van der Waals surface area contributed by atoms with E-state index in [1.807, 2.05) is 19.1 Å². The van der Waals surface area contributed by atoms with E-state index in [0.29, 0.717) is 17.4 Å². The normalized spacial score (nSPS) is 30.8. The lowest BCUT2D eigenvalue weighted by Crippen LogP contribution is -2.40. The number of ketones is 1. The summed E-state index contributed by atoms with van der Waals surface area (Å²) in [6, 6.07) is 13.5. The molecule has 5 aliphatic rings. The minimum Gasteiger partial charge on any atom is -0.454 e. The van der Waals surface area contributed by atoms with Crippen molar-refractivity contribution in [2.45, 2.75) is 13.3 Å². The first-order chi connectivity index (χ1) is 16.0. The zero-order valence-corrected chi connectivity index (χ0v) is 18.1. The molecule has 3 fully saturated rings. The van der Waals surface area contributed by atoms with E-state index in [1.54, 1.807) is 30.3 Å². The number of imide groups is 1. The summed E-state index contributed by atoms with van der Waals surface area (Å²) in [5, 5.41) is 0. The Kier molecular flexibility index (Phi) is 4.41. The van der Waals surface area contributed by atoms with Crippen LogP contribution in [0.3, 0.4) is 0 Å². The molecule has 0 radical (unpaired) electrons. The number of hydrogen-bond acceptors (Lipinski definition) is 5. The summed E-state index contributed by atoms with van der Waals surface area (Å²) in [6.07, 6.45) is 5.32. The van der Waals surface area contributed by atoms with Crippen LogP contribution in [0, 0.1) is 42.4 Å². The van der Waals surface area contributed by atoms with Crippen molar-refractivity contribution in [3.05, 3.63) is 77.4 Å². The molecule has 0 unspecified atom stereocenters. The number of rotatable bonds is 5. The second-order valence-electron chi connectivity index (χ2n) is 9.55. The predicted molar refractivity (Wildman–Crippen MR) is 119 cm³/mol. The van der Waals surface area contributed by atoms with Gasteiger partial charge in [-0.1, -0.05) is 54.1 Å². The van der Waals surface area contributed by atoms with E-state index in [2.05, 4.69) is 12.2 Å². The minimum atomic E-state index is -0.731. The van der Waals surface area contributed by atoms with Crippen molar-refractivity contribution >= 4 is 29.3 Å². The van der Waals surface area contributed by atoms with Crippen molar-refractivity contribution in [1.29, 1.82) is 0 Å². The number of allylic oxidation sites excluding steroid dienone is 2. The molecule has 33 heavy (non-hydrogen) atoms. The van der Waals surface area contributed by atoms with Crippen molar-refractivity contribution in [2.24, 2.45) is 35.5 Å². The van der Waals surface area contributed by atoms with Gasteiger partial charge < -0.3 is 4.74 Å². The predicted octanol–water partition coefficient (Wildman–Crippen LogP) is 3.59. The number of hydrogen-bond donors (Lipinski definition) is 0. The minimum absolute atomic E-state index is 0.109. The van der Waals surface area contributed by atoms with Crippen LogP contribution >= 0.6 is 0 Å². The smallest absolute Gasteiger partial charge is 0.340 e. The van der Waals surface area contributed by atoms with Crippen LogP contribution in [0.5, 0.6) is 0 Å². The largest absolute Gasteiger partial charge is 0.454 e. The molecular weight excluding hydrogens is 418 g/mol. The number of carbonyl (C=O) groups excluding carboxylic acids is 4. The quantitative estimate of drug-likeness (QED) is 0.307. The van der Waals surface area contributed by atoms with Gasteiger partial charge in [0.15, 0.2) is 12.4 Å². The molecule has 2 saturated carbocycles. The summed E-state index contributed by atoms with van der Waals surface area (Å²) < 4.78 is 5.29. The average molecular weight is 441 g/mol. The number of carbonyl (C=O) groups is 4. The Bertz CT molecular complexity index is 1190. The van der Waals surface area contributed by atoms with E-state index in [1.165, 1.54) is 11.0 Å². The topological polar surface area (TPSA) is 80.8 Å². The highest BCUT2D eigenvalue weighted by Crippen LogP contribution is 2.65. The van der Waals surface area contributed by atoms with Gasteiger partial charge in [0.05, 0.1) is 23.1 Å². The number of aryl methyl sites for hydroxylation is 1. The fourth-order valence-electron chi connectivity index (χ4n) is 6.07. The number of ether oxygens (including phenoxy) is 1. The number of nitrogens with zero attached hydrogens (tertiary/aromatic N) is 1. The monoisotopic (exact) mass is 441 g/mol. The molecule has 1 saturated heterocycles. The molecule has 6 heteroatoms. The van der Waals surface area contributed by atoms with Crippen molar-refractivity contribution in [3.8, 4) is 0 Å². The van der Waals surface area contributed by atoms with E-state index in [-0.39, 0.29) is 52.5 Å². The zero-order valence-electron chi connectivity index (χ0n) is 18.1. The van der Waals surface area contributed by atoms with Crippen LogP contribution < -0.4 is 4.90 Å². The summed E-state index contributed by atoms with van der Waals surface area (Å²) in [5.74, 6) is -0.969. The van der Waals surface area contributed by atoms with E-state index in [4.69, 9.17) is 4.74 Å². The highest BCUT2D eigenvalue weighted by molar-refractivity contribution is 6.24. The number of Topliss-reactive ketones (excluding diaryl/α,β-unsaturated/α-hetero) is 1. The second-order valence-corrected chi connectivity index (χ2v) is 9.55. The van der Waals surface area contributed by atoms with Gasteiger partial charge in [0, 0.05) is 5.56 Å². The molecule has 2 aromatic rings. The van der Waals surface area contributed by atoms with E-state index in [0.717, 1.165) is 12.0 Å². The van der Waals surface area contributed by atoms with Gasteiger partial charge in [-0.2, -0.15) is 0 Å². The van der Waals surface area contributed by atoms with Gasteiger partial charge in [0.2, 0.25) is 11.8 Å². The number of benzene rings is 2. The number of para-hydroxylation sites is 1. The highest BCUT2D eigenvalue weighted by Gasteiger charge is 2.67. The first-order valence-corrected chi connectivity index (χ1v) is 11.4. The van der Waals surface area contributed by atoms with Crippen LogP contribution in [0.1, 0.15) is 32.7 Å². The fraction of sp³-hybridized carbons (Fsp3) is 0.333. The summed E-state index contributed by atoms with van der Waals surface area (Å²) in [6.45, 7) is 1.51. The number of amides is 2. The third-order valence-corrected chi connectivity index (χ3v) is 7.74. The van der Waals surface area contributed by atoms with Crippen LogP contribution in [0.15, 0.2) is 60.7 Å². The summed E-state index contributed by atoms with van der Waals surface area (Å²) in [7, 11) is 0. The molecule has 1 heterocycles.